The summed E-state index contributed by atoms with van der Waals surface area (Å²) in [4.78, 5) is 32.8. The molecule has 132 valence electrons. The van der Waals surface area contributed by atoms with E-state index in [9.17, 15) is 9.59 Å². The van der Waals surface area contributed by atoms with Crippen LogP contribution in [0.1, 0.15) is 17.1 Å². The van der Waals surface area contributed by atoms with Crippen LogP contribution in [0.25, 0.3) is 10.9 Å². The van der Waals surface area contributed by atoms with Crippen molar-refractivity contribution < 1.29 is 19.4 Å². The Balaban J connectivity index is 1.69. The first-order valence-corrected chi connectivity index (χ1v) is 7.85. The monoisotopic (exact) mass is 353 g/mol. The number of nitrogens with zero attached hydrogens (tertiary/aromatic N) is 4. The molecule has 0 unspecified atom stereocenters. The van der Waals surface area contributed by atoms with E-state index >= 15 is 0 Å². The van der Waals surface area contributed by atoms with Gasteiger partial charge in [0.2, 0.25) is 5.88 Å². The number of primary amides is 1. The van der Waals surface area contributed by atoms with Crippen molar-refractivity contribution in [2.45, 2.75) is 20.0 Å². The molecular formula is C17H15N5O4. The number of nitrogens with two attached hydrogens (primary N) is 1. The fourth-order valence-electron chi connectivity index (χ4n) is 3.05. The summed E-state index contributed by atoms with van der Waals surface area (Å²) in [6.45, 7) is 2.36. The second kappa shape index (κ2) is 5.73. The average Bonchev–Trinajstić information content (AvgIpc) is 3.18. The fraction of sp³-hybridized carbons (Fsp3) is 0.176. The predicted molar refractivity (Wildman–Crippen MR) is 91.0 cm³/mol. The molecule has 0 fully saturated rings. The molecule has 0 aliphatic carbocycles. The van der Waals surface area contributed by atoms with Gasteiger partial charge in [0.1, 0.15) is 11.6 Å². The molecule has 26 heavy (non-hydrogen) atoms. The van der Waals surface area contributed by atoms with Crippen molar-refractivity contribution in [3.8, 4) is 11.6 Å². The number of fused-ring (bicyclic) bond motifs is 2. The van der Waals surface area contributed by atoms with Crippen LogP contribution in [0.2, 0.25) is 0 Å². The highest BCUT2D eigenvalue weighted by molar-refractivity contribution is 5.89. The van der Waals surface area contributed by atoms with E-state index in [0.29, 0.717) is 35.2 Å². The average molecular weight is 353 g/mol. The minimum Gasteiger partial charge on any atom is -0.464 e. The molecule has 9 nitrogen and oxygen atoms in total. The first-order valence-electron chi connectivity index (χ1n) is 7.85. The van der Waals surface area contributed by atoms with Crippen LogP contribution in [0, 0.1) is 6.92 Å². The van der Waals surface area contributed by atoms with Crippen molar-refractivity contribution in [3.05, 3.63) is 47.5 Å². The van der Waals surface area contributed by atoms with Crippen LogP contribution in [-0.4, -0.2) is 36.7 Å². The zero-order chi connectivity index (χ0) is 18.4. The van der Waals surface area contributed by atoms with Gasteiger partial charge in [0.25, 0.3) is 0 Å². The maximum absolute atomic E-state index is 11.4. The Morgan fingerprint density at radius 3 is 2.77 bits per heavy atom. The number of amides is 2. The van der Waals surface area contributed by atoms with Gasteiger partial charge in [0.15, 0.2) is 0 Å². The van der Waals surface area contributed by atoms with Crippen LogP contribution < -0.4 is 10.5 Å². The Labute approximate surface area is 147 Å². The molecule has 3 N–H and O–H groups in total. The van der Waals surface area contributed by atoms with Crippen molar-refractivity contribution in [2.75, 3.05) is 0 Å². The summed E-state index contributed by atoms with van der Waals surface area (Å²) in [5, 5.41) is 9.88. The highest BCUT2D eigenvalue weighted by Crippen LogP contribution is 2.32. The number of ether oxygens (including phenoxy) is 1. The first kappa shape index (κ1) is 15.9. The van der Waals surface area contributed by atoms with E-state index in [4.69, 9.17) is 15.6 Å². The number of carbonyl (C=O) groups is 2. The number of rotatable bonds is 2. The molecule has 2 aromatic heterocycles. The summed E-state index contributed by atoms with van der Waals surface area (Å²) in [7, 11) is 0. The lowest BCUT2D eigenvalue weighted by Gasteiger charge is -2.11. The lowest BCUT2D eigenvalue weighted by molar-refractivity contribution is 0.197. The lowest BCUT2D eigenvalue weighted by Crippen LogP contribution is -2.30. The van der Waals surface area contributed by atoms with E-state index in [-0.39, 0.29) is 6.54 Å². The van der Waals surface area contributed by atoms with Crippen molar-refractivity contribution in [2.24, 2.45) is 5.73 Å². The van der Waals surface area contributed by atoms with E-state index in [1.165, 1.54) is 11.1 Å². The van der Waals surface area contributed by atoms with E-state index < -0.39 is 12.1 Å². The van der Waals surface area contributed by atoms with Crippen molar-refractivity contribution in [3.63, 3.8) is 0 Å². The van der Waals surface area contributed by atoms with Crippen molar-refractivity contribution in [1.29, 1.82) is 0 Å². The van der Waals surface area contributed by atoms with Gasteiger partial charge in [-0.05, 0) is 31.2 Å². The second-order valence-electron chi connectivity index (χ2n) is 5.99. The predicted octanol–water partition coefficient (Wildman–Crippen LogP) is 2.45. The molecular weight excluding hydrogens is 338 g/mol. The highest BCUT2D eigenvalue weighted by Gasteiger charge is 2.28. The smallest absolute Gasteiger partial charge is 0.415 e. The van der Waals surface area contributed by atoms with Crippen LogP contribution in [0.4, 0.5) is 9.59 Å². The zero-order valence-electron chi connectivity index (χ0n) is 13.8. The topological polar surface area (TPSA) is 124 Å². The van der Waals surface area contributed by atoms with Gasteiger partial charge in [-0.25, -0.2) is 14.6 Å². The van der Waals surface area contributed by atoms with Gasteiger partial charge in [-0.1, -0.05) is 0 Å². The van der Waals surface area contributed by atoms with Crippen LogP contribution in [0.5, 0.6) is 11.6 Å². The summed E-state index contributed by atoms with van der Waals surface area (Å²) < 4.78 is 7.06. The highest BCUT2D eigenvalue weighted by atomic mass is 16.5. The molecule has 0 bridgehead atoms. The quantitative estimate of drug-likeness (QED) is 0.729. The third-order valence-corrected chi connectivity index (χ3v) is 4.25. The van der Waals surface area contributed by atoms with Gasteiger partial charge in [-0.2, -0.15) is 4.98 Å². The molecule has 3 aromatic rings. The summed E-state index contributed by atoms with van der Waals surface area (Å²) in [5.74, 6) is 1.41. The molecule has 0 spiro atoms. The standard InChI is InChI=1S/C17H15N5O4/c1-9-19-13-8-21(16(18)23)7-12(13)15(20-9)26-11-2-3-14-10(6-11)4-5-22(14)17(24)25/h2-6H,7-8H2,1H3,(H2,18,23)(H,24,25). The third kappa shape index (κ3) is 2.59. The minimum absolute atomic E-state index is 0.290. The molecule has 0 radical (unpaired) electrons. The molecule has 0 saturated heterocycles. The lowest BCUT2D eigenvalue weighted by atomic mass is 10.2. The van der Waals surface area contributed by atoms with E-state index in [0.717, 1.165) is 15.5 Å². The summed E-state index contributed by atoms with van der Waals surface area (Å²) in [6.07, 6.45) is 0.429. The normalized spacial score (nSPS) is 13.0. The molecule has 0 saturated carbocycles. The van der Waals surface area contributed by atoms with E-state index in [2.05, 4.69) is 9.97 Å². The fourth-order valence-corrected chi connectivity index (χ4v) is 3.05. The SMILES string of the molecule is Cc1nc2c(c(Oc3ccc4c(ccn4C(=O)O)c3)n1)CN(C(N)=O)C2. The Hall–Kier alpha value is -3.62. The summed E-state index contributed by atoms with van der Waals surface area (Å²) >= 11 is 0. The van der Waals surface area contributed by atoms with E-state index in [1.807, 2.05) is 0 Å². The van der Waals surface area contributed by atoms with Gasteiger partial charge in [0, 0.05) is 11.6 Å². The molecule has 3 heterocycles. The van der Waals surface area contributed by atoms with Crippen molar-refractivity contribution >= 4 is 23.0 Å². The number of carboxylic acid groups (broad SMARTS) is 1. The van der Waals surface area contributed by atoms with Crippen LogP contribution in [0.3, 0.4) is 0 Å². The Kier molecular flexibility index (Phi) is 3.50. The van der Waals surface area contributed by atoms with Gasteiger partial charge in [0.05, 0.1) is 29.9 Å². The summed E-state index contributed by atoms with van der Waals surface area (Å²) in [6, 6.07) is 6.25. The number of hydrogen-bond donors (Lipinski definition) is 2. The molecule has 9 heteroatoms. The second-order valence-corrected chi connectivity index (χ2v) is 5.99. The van der Waals surface area contributed by atoms with Crippen LogP contribution in [0.15, 0.2) is 30.5 Å². The molecule has 0 atom stereocenters. The third-order valence-electron chi connectivity index (χ3n) is 4.25. The Bertz CT molecular complexity index is 1060. The van der Waals surface area contributed by atoms with E-state index in [1.54, 1.807) is 31.2 Å². The van der Waals surface area contributed by atoms with Crippen LogP contribution in [-0.2, 0) is 13.1 Å². The largest absolute Gasteiger partial charge is 0.464 e. The number of urea groups is 1. The number of hydrogen-bond acceptors (Lipinski definition) is 5. The number of carbonyl (C=O) groups excluding carboxylic acids is 1. The number of aryl methyl sites for hydroxylation is 1. The zero-order valence-corrected chi connectivity index (χ0v) is 13.8. The molecule has 1 aromatic carbocycles. The minimum atomic E-state index is -1.05. The Morgan fingerprint density at radius 1 is 1.23 bits per heavy atom. The van der Waals surface area contributed by atoms with Gasteiger partial charge >= 0.3 is 12.1 Å². The maximum atomic E-state index is 11.4. The van der Waals surface area contributed by atoms with Gasteiger partial charge in [-0.15, -0.1) is 0 Å². The van der Waals surface area contributed by atoms with Gasteiger partial charge < -0.3 is 20.5 Å². The van der Waals surface area contributed by atoms with Gasteiger partial charge in [-0.3, -0.25) is 4.57 Å². The van der Waals surface area contributed by atoms with Crippen molar-refractivity contribution in [1.82, 2.24) is 19.4 Å². The molecule has 2 amide bonds. The molecule has 1 aliphatic heterocycles. The maximum Gasteiger partial charge on any atom is 0.415 e. The number of benzene rings is 1. The molecule has 4 rings (SSSR count). The molecule has 1 aliphatic rings. The van der Waals surface area contributed by atoms with Crippen LogP contribution >= 0.6 is 0 Å². The Morgan fingerprint density at radius 2 is 2.04 bits per heavy atom. The summed E-state index contributed by atoms with van der Waals surface area (Å²) in [5.41, 5.74) is 7.35. The number of aromatic nitrogens is 3. The first-order chi connectivity index (χ1) is 12.4.